The lowest BCUT2D eigenvalue weighted by atomic mass is 9.88. The van der Waals surface area contributed by atoms with Gasteiger partial charge in [-0.1, -0.05) is 25.1 Å². The molecule has 3 unspecified atom stereocenters. The summed E-state index contributed by atoms with van der Waals surface area (Å²) in [4.78, 5) is 4.30. The number of fused-ring (bicyclic) bond motifs is 1. The molecule has 3 atom stereocenters. The van der Waals surface area contributed by atoms with E-state index in [2.05, 4.69) is 48.4 Å². The molecule has 1 fully saturated rings. The first-order chi connectivity index (χ1) is 9.79. The van der Waals surface area contributed by atoms with Crippen LogP contribution in [0, 0.1) is 5.92 Å². The standard InChI is InChI=1S/C17H22N2O/c1-3-19-17(14-9-12(2)20-11-14)15-6-4-5-13-7-8-18-10-16(13)15/h4-8,10,12,14,17,19H,3,9,11H2,1-2H3. The summed E-state index contributed by atoms with van der Waals surface area (Å²) in [7, 11) is 0. The fourth-order valence-electron chi connectivity index (χ4n) is 3.24. The van der Waals surface area contributed by atoms with Crippen LogP contribution in [0.25, 0.3) is 10.8 Å². The molecular formula is C17H22N2O. The number of hydrogen-bond donors (Lipinski definition) is 1. The van der Waals surface area contributed by atoms with Gasteiger partial charge in [-0.2, -0.15) is 0 Å². The minimum absolute atomic E-state index is 0.345. The van der Waals surface area contributed by atoms with E-state index in [9.17, 15) is 0 Å². The van der Waals surface area contributed by atoms with Crippen molar-refractivity contribution in [2.24, 2.45) is 5.92 Å². The van der Waals surface area contributed by atoms with Gasteiger partial charge in [-0.05, 0) is 36.9 Å². The summed E-state index contributed by atoms with van der Waals surface area (Å²) in [5.74, 6) is 0.538. The summed E-state index contributed by atoms with van der Waals surface area (Å²) >= 11 is 0. The van der Waals surface area contributed by atoms with Crippen molar-refractivity contribution in [1.29, 1.82) is 0 Å². The number of hydrogen-bond acceptors (Lipinski definition) is 3. The first-order valence-electron chi connectivity index (χ1n) is 7.47. The summed E-state index contributed by atoms with van der Waals surface area (Å²) in [6.07, 6.45) is 5.33. The van der Waals surface area contributed by atoms with E-state index in [1.807, 2.05) is 12.4 Å². The van der Waals surface area contributed by atoms with Gasteiger partial charge in [0.25, 0.3) is 0 Å². The molecule has 3 heteroatoms. The number of rotatable bonds is 4. The molecule has 3 rings (SSSR count). The fourth-order valence-corrected chi connectivity index (χ4v) is 3.24. The molecule has 20 heavy (non-hydrogen) atoms. The second-order valence-electron chi connectivity index (χ2n) is 5.62. The first kappa shape index (κ1) is 13.5. The highest BCUT2D eigenvalue weighted by molar-refractivity contribution is 5.85. The molecule has 2 heterocycles. The van der Waals surface area contributed by atoms with Gasteiger partial charge >= 0.3 is 0 Å². The van der Waals surface area contributed by atoms with Gasteiger partial charge in [0.05, 0.1) is 12.7 Å². The maximum atomic E-state index is 5.77. The molecule has 0 aliphatic carbocycles. The molecule has 0 bridgehead atoms. The predicted molar refractivity (Wildman–Crippen MR) is 81.7 cm³/mol. The van der Waals surface area contributed by atoms with E-state index in [0.717, 1.165) is 19.6 Å². The summed E-state index contributed by atoms with van der Waals surface area (Å²) in [6, 6.07) is 8.94. The van der Waals surface area contributed by atoms with Crippen molar-refractivity contribution in [3.63, 3.8) is 0 Å². The Bertz CT molecular complexity index is 579. The second-order valence-corrected chi connectivity index (χ2v) is 5.62. The maximum Gasteiger partial charge on any atom is 0.0551 e. The molecule has 1 aliphatic heterocycles. The van der Waals surface area contributed by atoms with E-state index in [-0.39, 0.29) is 0 Å². The van der Waals surface area contributed by atoms with Crippen LogP contribution in [-0.2, 0) is 4.74 Å². The number of ether oxygens (including phenoxy) is 1. The third-order valence-electron chi connectivity index (χ3n) is 4.18. The van der Waals surface area contributed by atoms with Gasteiger partial charge < -0.3 is 10.1 Å². The van der Waals surface area contributed by atoms with Crippen LogP contribution in [0.4, 0.5) is 0 Å². The highest BCUT2D eigenvalue weighted by atomic mass is 16.5. The van der Waals surface area contributed by atoms with Gasteiger partial charge in [-0.15, -0.1) is 0 Å². The Morgan fingerprint density at radius 2 is 2.30 bits per heavy atom. The van der Waals surface area contributed by atoms with Crippen LogP contribution < -0.4 is 5.32 Å². The van der Waals surface area contributed by atoms with Crippen LogP contribution >= 0.6 is 0 Å². The highest BCUT2D eigenvalue weighted by Crippen LogP contribution is 2.34. The Balaban J connectivity index is 2.01. The lowest BCUT2D eigenvalue weighted by Crippen LogP contribution is -2.29. The van der Waals surface area contributed by atoms with E-state index in [1.54, 1.807) is 0 Å². The van der Waals surface area contributed by atoms with Crippen LogP contribution in [0.2, 0.25) is 0 Å². The number of pyridine rings is 1. The Labute approximate surface area is 120 Å². The third-order valence-corrected chi connectivity index (χ3v) is 4.18. The molecule has 0 radical (unpaired) electrons. The largest absolute Gasteiger partial charge is 0.378 e. The summed E-state index contributed by atoms with van der Waals surface area (Å²) < 4.78 is 5.77. The van der Waals surface area contributed by atoms with Gasteiger partial charge in [0, 0.05) is 29.7 Å². The van der Waals surface area contributed by atoms with Crippen molar-refractivity contribution in [2.75, 3.05) is 13.2 Å². The number of aromatic nitrogens is 1. The maximum absolute atomic E-state index is 5.77. The molecule has 1 aromatic heterocycles. The minimum Gasteiger partial charge on any atom is -0.378 e. The Morgan fingerprint density at radius 1 is 1.40 bits per heavy atom. The normalized spacial score (nSPS) is 24.1. The van der Waals surface area contributed by atoms with Gasteiger partial charge in [0.2, 0.25) is 0 Å². The van der Waals surface area contributed by atoms with Crippen molar-refractivity contribution in [3.8, 4) is 0 Å². The minimum atomic E-state index is 0.345. The second kappa shape index (κ2) is 5.90. The first-order valence-corrected chi connectivity index (χ1v) is 7.47. The van der Waals surface area contributed by atoms with Crippen molar-refractivity contribution in [1.82, 2.24) is 10.3 Å². The van der Waals surface area contributed by atoms with Crippen molar-refractivity contribution in [3.05, 3.63) is 42.2 Å². The number of nitrogens with one attached hydrogen (secondary N) is 1. The molecule has 0 amide bonds. The summed E-state index contributed by atoms with van der Waals surface area (Å²) in [5.41, 5.74) is 1.35. The number of nitrogens with zero attached hydrogens (tertiary/aromatic N) is 1. The van der Waals surface area contributed by atoms with Crippen LogP contribution in [0.1, 0.15) is 31.9 Å². The van der Waals surface area contributed by atoms with Crippen LogP contribution in [0.3, 0.4) is 0 Å². The summed E-state index contributed by atoms with van der Waals surface area (Å²) in [6.45, 7) is 6.13. The van der Waals surface area contributed by atoms with Crippen molar-refractivity contribution >= 4 is 10.8 Å². The zero-order chi connectivity index (χ0) is 13.9. The third kappa shape index (κ3) is 2.56. The molecule has 106 valence electrons. The predicted octanol–water partition coefficient (Wildman–Crippen LogP) is 3.31. The Kier molecular flexibility index (Phi) is 3.99. The van der Waals surface area contributed by atoms with Crippen LogP contribution in [0.15, 0.2) is 36.7 Å². The SMILES string of the molecule is CCNC(c1cccc2ccncc12)C1COC(C)C1. The molecule has 0 saturated carbocycles. The molecule has 1 aliphatic rings. The van der Waals surface area contributed by atoms with Gasteiger partial charge in [-0.25, -0.2) is 0 Å². The van der Waals surface area contributed by atoms with Gasteiger partial charge in [0.1, 0.15) is 0 Å². The zero-order valence-electron chi connectivity index (χ0n) is 12.2. The van der Waals surface area contributed by atoms with Crippen LogP contribution in [0.5, 0.6) is 0 Å². The summed E-state index contributed by atoms with van der Waals surface area (Å²) in [5, 5.41) is 6.15. The number of benzene rings is 1. The molecule has 1 aromatic carbocycles. The average molecular weight is 270 g/mol. The topological polar surface area (TPSA) is 34.2 Å². The lowest BCUT2D eigenvalue weighted by molar-refractivity contribution is 0.117. The zero-order valence-corrected chi connectivity index (χ0v) is 12.2. The van der Waals surface area contributed by atoms with E-state index in [4.69, 9.17) is 4.74 Å². The van der Waals surface area contributed by atoms with E-state index >= 15 is 0 Å². The Hall–Kier alpha value is -1.45. The molecule has 0 spiro atoms. The molecular weight excluding hydrogens is 248 g/mol. The van der Waals surface area contributed by atoms with Gasteiger partial charge in [-0.3, -0.25) is 4.98 Å². The lowest BCUT2D eigenvalue weighted by Gasteiger charge is -2.25. The quantitative estimate of drug-likeness (QED) is 0.925. The molecule has 2 aromatic rings. The van der Waals surface area contributed by atoms with Crippen LogP contribution in [-0.4, -0.2) is 24.2 Å². The molecule has 3 nitrogen and oxygen atoms in total. The average Bonchev–Trinajstić information content (AvgIpc) is 2.91. The van der Waals surface area contributed by atoms with Gasteiger partial charge in [0.15, 0.2) is 0 Å². The molecule has 1 saturated heterocycles. The Morgan fingerprint density at radius 3 is 3.05 bits per heavy atom. The monoisotopic (exact) mass is 270 g/mol. The smallest absolute Gasteiger partial charge is 0.0551 e. The highest BCUT2D eigenvalue weighted by Gasteiger charge is 2.30. The van der Waals surface area contributed by atoms with Crippen molar-refractivity contribution < 1.29 is 4.74 Å². The van der Waals surface area contributed by atoms with E-state index < -0.39 is 0 Å². The van der Waals surface area contributed by atoms with Crippen molar-refractivity contribution in [2.45, 2.75) is 32.4 Å². The molecule has 1 N–H and O–H groups in total. The fraction of sp³-hybridized carbons (Fsp3) is 0.471. The van der Waals surface area contributed by atoms with E-state index in [0.29, 0.717) is 18.1 Å². The van der Waals surface area contributed by atoms with E-state index in [1.165, 1.54) is 16.3 Å².